The van der Waals surface area contributed by atoms with E-state index in [4.69, 9.17) is 40.2 Å². The predicted molar refractivity (Wildman–Crippen MR) is 144 cm³/mol. The van der Waals surface area contributed by atoms with Crippen LogP contribution in [0.15, 0.2) is 71.6 Å². The topological polar surface area (TPSA) is 58.6 Å². The van der Waals surface area contributed by atoms with Crippen LogP contribution in [0.3, 0.4) is 0 Å². The maximum Gasteiger partial charge on any atom is 0.270 e. The third kappa shape index (κ3) is 5.80. The van der Waals surface area contributed by atoms with Crippen molar-refractivity contribution in [2.45, 2.75) is 6.92 Å². The average molecular weight is 529 g/mol. The van der Waals surface area contributed by atoms with Gasteiger partial charge in [0.05, 0.1) is 20.6 Å². The summed E-state index contributed by atoms with van der Waals surface area (Å²) in [6.45, 7) is 1.81. The summed E-state index contributed by atoms with van der Waals surface area (Å²) >= 11 is 18.7. The van der Waals surface area contributed by atoms with E-state index in [2.05, 4.69) is 5.32 Å². The fourth-order valence-corrected chi connectivity index (χ4v) is 4.82. The van der Waals surface area contributed by atoms with Crippen molar-refractivity contribution < 1.29 is 14.3 Å². The quantitative estimate of drug-likeness (QED) is 0.284. The van der Waals surface area contributed by atoms with E-state index in [-0.39, 0.29) is 18.4 Å². The van der Waals surface area contributed by atoms with E-state index in [9.17, 15) is 9.59 Å². The van der Waals surface area contributed by atoms with Crippen LogP contribution in [0.2, 0.25) is 10.0 Å². The van der Waals surface area contributed by atoms with E-state index >= 15 is 0 Å². The highest BCUT2D eigenvalue weighted by molar-refractivity contribution is 8.27. The lowest BCUT2D eigenvalue weighted by Gasteiger charge is -2.15. The van der Waals surface area contributed by atoms with Crippen LogP contribution in [0.4, 0.5) is 11.4 Å². The molecule has 0 spiro atoms. The number of thiocarbonyl (C=S) groups is 1. The number of halogens is 2. The van der Waals surface area contributed by atoms with E-state index in [1.54, 1.807) is 42.5 Å². The van der Waals surface area contributed by atoms with E-state index in [0.717, 1.165) is 11.1 Å². The Balaban J connectivity index is 1.43. The molecule has 2 amide bonds. The number of rotatable bonds is 6. The van der Waals surface area contributed by atoms with Gasteiger partial charge in [0.2, 0.25) is 0 Å². The van der Waals surface area contributed by atoms with Crippen LogP contribution in [-0.4, -0.2) is 22.7 Å². The summed E-state index contributed by atoms with van der Waals surface area (Å²) in [5.74, 6) is -0.0103. The van der Waals surface area contributed by atoms with Crippen LogP contribution < -0.4 is 15.0 Å². The Labute approximate surface area is 216 Å². The van der Waals surface area contributed by atoms with E-state index in [1.807, 2.05) is 37.3 Å². The molecule has 172 valence electrons. The second-order valence-electron chi connectivity index (χ2n) is 7.39. The van der Waals surface area contributed by atoms with Crippen LogP contribution in [-0.2, 0) is 9.59 Å². The molecular weight excluding hydrogens is 511 g/mol. The molecule has 9 heteroatoms. The minimum absolute atomic E-state index is 0.142. The van der Waals surface area contributed by atoms with E-state index < -0.39 is 0 Å². The number of aryl methyl sites for hydroxylation is 1. The Bertz CT molecular complexity index is 1330. The zero-order chi connectivity index (χ0) is 24.2. The first-order valence-corrected chi connectivity index (χ1v) is 12.1. The molecule has 0 aromatic heterocycles. The SMILES string of the molecule is Cc1cccc(NC(=O)COc2cccc(/C=C3\SC(=S)N(c4ccc(Cl)c(Cl)c4)C3=O)c2)c1. The summed E-state index contributed by atoms with van der Waals surface area (Å²) in [6.07, 6.45) is 1.73. The summed E-state index contributed by atoms with van der Waals surface area (Å²) < 4.78 is 6.04. The summed E-state index contributed by atoms with van der Waals surface area (Å²) in [6, 6.07) is 19.6. The molecule has 0 atom stereocenters. The fourth-order valence-electron chi connectivity index (χ4n) is 3.23. The van der Waals surface area contributed by atoms with Crippen molar-refractivity contribution in [3.63, 3.8) is 0 Å². The van der Waals surface area contributed by atoms with Crippen LogP contribution >= 0.6 is 47.2 Å². The number of amides is 2. The summed E-state index contributed by atoms with van der Waals surface area (Å²) in [5, 5.41) is 3.54. The molecule has 0 unspecified atom stereocenters. The lowest BCUT2D eigenvalue weighted by Crippen LogP contribution is -2.27. The molecule has 4 rings (SSSR count). The number of nitrogens with one attached hydrogen (secondary N) is 1. The zero-order valence-corrected chi connectivity index (χ0v) is 21.0. The van der Waals surface area contributed by atoms with Crippen molar-refractivity contribution in [1.29, 1.82) is 0 Å². The maximum absolute atomic E-state index is 13.0. The maximum atomic E-state index is 13.0. The van der Waals surface area contributed by atoms with Crippen molar-refractivity contribution in [3.05, 3.63) is 92.8 Å². The van der Waals surface area contributed by atoms with Gasteiger partial charge in [0, 0.05) is 5.69 Å². The van der Waals surface area contributed by atoms with Crippen LogP contribution in [0.5, 0.6) is 5.75 Å². The first kappa shape index (κ1) is 24.3. The Morgan fingerprint density at radius 2 is 1.88 bits per heavy atom. The van der Waals surface area contributed by atoms with E-state index in [0.29, 0.717) is 36.4 Å². The highest BCUT2D eigenvalue weighted by Crippen LogP contribution is 2.38. The molecule has 1 heterocycles. The highest BCUT2D eigenvalue weighted by atomic mass is 35.5. The number of carbonyl (C=O) groups is 2. The number of nitrogens with zero attached hydrogens (tertiary/aromatic N) is 1. The number of hydrogen-bond donors (Lipinski definition) is 1. The first-order valence-electron chi connectivity index (χ1n) is 10.1. The van der Waals surface area contributed by atoms with Gasteiger partial charge in [-0.25, -0.2) is 0 Å². The molecule has 3 aromatic carbocycles. The largest absolute Gasteiger partial charge is 0.484 e. The van der Waals surface area contributed by atoms with Crippen molar-refractivity contribution in [2.24, 2.45) is 0 Å². The van der Waals surface area contributed by atoms with Crippen LogP contribution in [0, 0.1) is 6.92 Å². The summed E-state index contributed by atoms with van der Waals surface area (Å²) in [7, 11) is 0. The van der Waals surface area contributed by atoms with Crippen LogP contribution in [0.1, 0.15) is 11.1 Å². The molecule has 1 aliphatic rings. The lowest BCUT2D eigenvalue weighted by molar-refractivity contribution is -0.118. The predicted octanol–water partition coefficient (Wildman–Crippen LogP) is 6.73. The second-order valence-corrected chi connectivity index (χ2v) is 9.88. The molecule has 3 aromatic rings. The smallest absolute Gasteiger partial charge is 0.270 e. The molecule has 0 saturated carbocycles. The monoisotopic (exact) mass is 528 g/mol. The van der Waals surface area contributed by atoms with Gasteiger partial charge in [-0.05, 0) is 66.6 Å². The lowest BCUT2D eigenvalue weighted by atomic mass is 10.2. The van der Waals surface area contributed by atoms with Gasteiger partial charge >= 0.3 is 0 Å². The van der Waals surface area contributed by atoms with Gasteiger partial charge in [0.15, 0.2) is 10.9 Å². The number of benzene rings is 3. The standard InChI is InChI=1S/C25H18Cl2N2O3S2/c1-15-4-2-6-17(10-15)28-23(30)14-32-19-7-3-5-16(11-19)12-22-24(31)29(25(33)34-22)18-8-9-20(26)21(27)13-18/h2-13H,14H2,1H3,(H,28,30)/b22-12-. The van der Waals surface area contributed by atoms with Crippen molar-refractivity contribution in [2.75, 3.05) is 16.8 Å². The Hall–Kier alpha value is -2.84. The van der Waals surface area contributed by atoms with E-state index in [1.165, 1.54) is 16.7 Å². The molecule has 34 heavy (non-hydrogen) atoms. The number of anilines is 2. The third-order valence-corrected chi connectivity index (χ3v) is 6.82. The number of carbonyl (C=O) groups excluding carboxylic acids is 2. The molecule has 1 N–H and O–H groups in total. The molecular formula is C25H18Cl2N2O3S2. The first-order chi connectivity index (χ1) is 16.3. The Morgan fingerprint density at radius 3 is 2.65 bits per heavy atom. The molecule has 1 saturated heterocycles. The normalized spacial score (nSPS) is 14.6. The van der Waals surface area contributed by atoms with Gasteiger partial charge in [0.1, 0.15) is 5.75 Å². The van der Waals surface area contributed by atoms with Crippen molar-refractivity contribution in [1.82, 2.24) is 0 Å². The molecule has 1 fully saturated rings. The Morgan fingerprint density at radius 1 is 1.09 bits per heavy atom. The fraction of sp³-hybridized carbons (Fsp3) is 0.0800. The number of thioether (sulfide) groups is 1. The minimum atomic E-state index is -0.265. The average Bonchev–Trinajstić information content (AvgIpc) is 3.07. The third-order valence-electron chi connectivity index (χ3n) is 4.78. The van der Waals surface area contributed by atoms with Crippen molar-refractivity contribution >= 4 is 80.8 Å². The van der Waals surface area contributed by atoms with Gasteiger partial charge < -0.3 is 10.1 Å². The molecule has 1 aliphatic heterocycles. The summed E-state index contributed by atoms with van der Waals surface area (Å²) in [5.41, 5.74) is 3.06. The molecule has 0 radical (unpaired) electrons. The van der Waals surface area contributed by atoms with Crippen molar-refractivity contribution in [3.8, 4) is 5.75 Å². The zero-order valence-electron chi connectivity index (χ0n) is 17.9. The van der Waals surface area contributed by atoms with Crippen LogP contribution in [0.25, 0.3) is 6.08 Å². The van der Waals surface area contributed by atoms with Gasteiger partial charge in [-0.1, -0.05) is 71.4 Å². The Kier molecular flexibility index (Phi) is 7.58. The molecule has 0 aliphatic carbocycles. The van der Waals surface area contributed by atoms with Gasteiger partial charge in [-0.15, -0.1) is 0 Å². The number of hydrogen-bond acceptors (Lipinski definition) is 5. The summed E-state index contributed by atoms with van der Waals surface area (Å²) in [4.78, 5) is 27.1. The van der Waals surface area contributed by atoms with Gasteiger partial charge in [-0.3, -0.25) is 14.5 Å². The molecule has 5 nitrogen and oxygen atoms in total. The highest BCUT2D eigenvalue weighted by Gasteiger charge is 2.33. The minimum Gasteiger partial charge on any atom is -0.484 e. The number of ether oxygens (including phenoxy) is 1. The second kappa shape index (κ2) is 10.6. The molecule has 0 bridgehead atoms. The van der Waals surface area contributed by atoms with Gasteiger partial charge in [-0.2, -0.15) is 0 Å². The van der Waals surface area contributed by atoms with Gasteiger partial charge in [0.25, 0.3) is 11.8 Å².